The third-order valence-corrected chi connectivity index (χ3v) is 11.1. The van der Waals surface area contributed by atoms with Crippen LogP contribution in [0.15, 0.2) is 211 Å². The van der Waals surface area contributed by atoms with Crippen LogP contribution in [0.5, 0.6) is 0 Å². The van der Waals surface area contributed by atoms with Crippen LogP contribution in [0.1, 0.15) is 46.7 Å². The molecule has 0 unspecified atom stereocenters. The minimum absolute atomic E-state index is 0.504. The number of para-hydroxylation sites is 2. The molecule has 294 valence electrons. The van der Waals surface area contributed by atoms with E-state index in [1.807, 2.05) is 30.3 Å². The topological polar surface area (TPSA) is 43.3 Å². The van der Waals surface area contributed by atoms with Crippen LogP contribution in [-0.4, -0.2) is 10.4 Å². The summed E-state index contributed by atoms with van der Waals surface area (Å²) in [6, 6.07) is 70.5. The summed E-state index contributed by atoms with van der Waals surface area (Å²) in [5, 5.41) is 2.50. The number of fused-ring (bicyclic) bond motifs is 3. The highest BCUT2D eigenvalue weighted by Crippen LogP contribution is 2.34. The number of nitrogens with two attached hydrogens (primary N) is 1. The van der Waals surface area contributed by atoms with E-state index in [0.717, 1.165) is 41.8 Å². The van der Waals surface area contributed by atoms with Gasteiger partial charge in [0.15, 0.2) is 0 Å². The van der Waals surface area contributed by atoms with Gasteiger partial charge in [-0.3, -0.25) is 0 Å². The van der Waals surface area contributed by atoms with Gasteiger partial charge in [0, 0.05) is 27.6 Å². The van der Waals surface area contributed by atoms with Crippen LogP contribution in [0.4, 0.5) is 0 Å². The van der Waals surface area contributed by atoms with Gasteiger partial charge < -0.3 is 10.3 Å². The molecule has 9 aromatic rings. The molecule has 1 heterocycles. The van der Waals surface area contributed by atoms with Gasteiger partial charge in [0.1, 0.15) is 5.84 Å². The summed E-state index contributed by atoms with van der Waals surface area (Å²) >= 11 is 0. The maximum absolute atomic E-state index is 6.68. The Balaban J connectivity index is 0.000000301. The zero-order chi connectivity index (χ0) is 41.3. The molecule has 0 saturated carbocycles. The Morgan fingerprint density at radius 2 is 1.07 bits per heavy atom. The van der Waals surface area contributed by atoms with Crippen molar-refractivity contribution >= 4 is 33.3 Å². The fraction of sp³-hybridized carbons (Fsp3) is 0.105. The zero-order valence-electron chi connectivity index (χ0n) is 34.7. The second kappa shape index (κ2) is 18.6. The lowest BCUT2D eigenvalue weighted by atomic mass is 9.97. The summed E-state index contributed by atoms with van der Waals surface area (Å²) < 4.78 is 2.39. The Bertz CT molecular complexity index is 2840. The van der Waals surface area contributed by atoms with E-state index in [9.17, 15) is 0 Å². The quantitative estimate of drug-likeness (QED) is 0.109. The lowest BCUT2D eigenvalue weighted by Gasteiger charge is -2.14. The minimum Gasteiger partial charge on any atom is -0.383 e. The molecule has 3 nitrogen and oxygen atoms in total. The van der Waals surface area contributed by atoms with Crippen molar-refractivity contribution in [3.8, 4) is 27.9 Å². The molecule has 0 saturated heterocycles. The van der Waals surface area contributed by atoms with Crippen molar-refractivity contribution in [1.82, 2.24) is 4.57 Å². The monoisotopic (exact) mass is 777 g/mol. The first-order valence-electron chi connectivity index (χ1n) is 21.0. The fourth-order valence-corrected chi connectivity index (χ4v) is 8.09. The summed E-state index contributed by atoms with van der Waals surface area (Å²) in [5.74, 6) is 0.504. The second-order valence-corrected chi connectivity index (χ2v) is 15.4. The van der Waals surface area contributed by atoms with Crippen LogP contribution in [-0.2, 0) is 12.8 Å². The normalized spacial score (nSPS) is 11.7. The van der Waals surface area contributed by atoms with Gasteiger partial charge in [-0.15, -0.1) is 0 Å². The first kappa shape index (κ1) is 39.6. The lowest BCUT2D eigenvalue weighted by molar-refractivity contribution is 0.918. The van der Waals surface area contributed by atoms with Crippen LogP contribution < -0.4 is 5.73 Å². The first-order chi connectivity index (χ1) is 29.5. The van der Waals surface area contributed by atoms with Gasteiger partial charge in [-0.25, -0.2) is 4.99 Å². The van der Waals surface area contributed by atoms with Gasteiger partial charge in [-0.05, 0) is 102 Å². The third-order valence-electron chi connectivity index (χ3n) is 11.1. The van der Waals surface area contributed by atoms with E-state index in [4.69, 9.17) is 10.7 Å². The van der Waals surface area contributed by atoms with Gasteiger partial charge in [0.25, 0.3) is 0 Å². The van der Waals surface area contributed by atoms with E-state index >= 15 is 0 Å². The molecule has 8 aromatic carbocycles. The van der Waals surface area contributed by atoms with Gasteiger partial charge in [0.2, 0.25) is 0 Å². The number of aromatic nitrogens is 1. The molecule has 0 spiro atoms. The SMILES string of the molecule is CCCc1cc(/C(=C/Cc2cccc(-c3ccccc3)c2)N=C(N)c2ccccc2)cc(-n2c3ccccc3c3ccccc32)c1.Cc1ccccc1-c1ccccc1C. The molecule has 0 bridgehead atoms. The number of aryl methyl sites for hydroxylation is 3. The molecule has 0 fully saturated rings. The van der Waals surface area contributed by atoms with E-state index in [1.165, 1.54) is 66.3 Å². The molecule has 0 radical (unpaired) electrons. The Morgan fingerprint density at radius 1 is 0.517 bits per heavy atom. The van der Waals surface area contributed by atoms with Crippen molar-refractivity contribution in [1.29, 1.82) is 0 Å². The summed E-state index contributed by atoms with van der Waals surface area (Å²) in [6.45, 7) is 6.54. The molecule has 1 aromatic heterocycles. The largest absolute Gasteiger partial charge is 0.383 e. The molecular formula is C57H51N3. The smallest absolute Gasteiger partial charge is 0.131 e. The van der Waals surface area contributed by atoms with Crippen LogP contribution in [0.3, 0.4) is 0 Å². The number of nitrogens with zero attached hydrogens (tertiary/aromatic N) is 2. The fourth-order valence-electron chi connectivity index (χ4n) is 8.09. The van der Waals surface area contributed by atoms with Crippen molar-refractivity contribution < 1.29 is 0 Å². The number of rotatable bonds is 10. The number of benzene rings is 8. The van der Waals surface area contributed by atoms with Crippen molar-refractivity contribution in [2.75, 3.05) is 0 Å². The highest BCUT2D eigenvalue weighted by Gasteiger charge is 2.15. The Hall–Kier alpha value is -7.23. The number of hydrogen-bond donors (Lipinski definition) is 1. The maximum Gasteiger partial charge on any atom is 0.131 e. The summed E-state index contributed by atoms with van der Waals surface area (Å²) in [4.78, 5) is 5.11. The molecule has 60 heavy (non-hydrogen) atoms. The summed E-state index contributed by atoms with van der Waals surface area (Å²) in [6.07, 6.45) is 4.98. The number of allylic oxidation sites excluding steroid dienone is 1. The van der Waals surface area contributed by atoms with Crippen molar-refractivity contribution in [3.63, 3.8) is 0 Å². The predicted molar refractivity (Wildman–Crippen MR) is 257 cm³/mol. The number of hydrogen-bond acceptors (Lipinski definition) is 1. The van der Waals surface area contributed by atoms with E-state index in [1.54, 1.807) is 0 Å². The molecule has 0 aliphatic rings. The van der Waals surface area contributed by atoms with Crippen LogP contribution in [0.2, 0.25) is 0 Å². The van der Waals surface area contributed by atoms with Crippen LogP contribution in [0, 0.1) is 13.8 Å². The molecule has 9 rings (SSSR count). The van der Waals surface area contributed by atoms with E-state index in [0.29, 0.717) is 5.84 Å². The van der Waals surface area contributed by atoms with E-state index < -0.39 is 0 Å². The van der Waals surface area contributed by atoms with Crippen molar-refractivity contribution in [2.24, 2.45) is 10.7 Å². The van der Waals surface area contributed by atoms with Crippen molar-refractivity contribution in [2.45, 2.75) is 40.0 Å². The van der Waals surface area contributed by atoms with Crippen LogP contribution >= 0.6 is 0 Å². The lowest BCUT2D eigenvalue weighted by Crippen LogP contribution is -2.13. The molecule has 3 heteroatoms. The Kier molecular flexibility index (Phi) is 12.3. The van der Waals surface area contributed by atoms with Gasteiger partial charge in [-0.2, -0.15) is 0 Å². The number of amidine groups is 1. The molecule has 0 aliphatic heterocycles. The zero-order valence-corrected chi connectivity index (χ0v) is 34.7. The average Bonchev–Trinajstić information content (AvgIpc) is 3.63. The van der Waals surface area contributed by atoms with Gasteiger partial charge in [-0.1, -0.05) is 189 Å². The van der Waals surface area contributed by atoms with Gasteiger partial charge >= 0.3 is 0 Å². The van der Waals surface area contributed by atoms with Crippen LogP contribution in [0.25, 0.3) is 55.4 Å². The summed E-state index contributed by atoms with van der Waals surface area (Å²) in [7, 11) is 0. The minimum atomic E-state index is 0.504. The first-order valence-corrected chi connectivity index (χ1v) is 21.0. The standard InChI is InChI=1S/C43H37N3.C14H14/c1-2-14-32-28-36(30-37(29-32)46-41-23-11-9-21-38(41)39-22-10-12-24-42(39)46)40(45-43(44)34-18-7-4-8-19-34)26-25-31-15-13-20-35(27-31)33-16-5-3-6-17-33;1-11-7-3-5-9-13(11)14-10-6-4-8-12(14)2/h3-13,15-24,26-30H,2,14,25H2,1H3,(H2,44,45);3-10H,1-2H3/b40-26-;. The second-order valence-electron chi connectivity index (χ2n) is 15.4. The maximum atomic E-state index is 6.68. The Labute approximate surface area is 354 Å². The summed E-state index contributed by atoms with van der Waals surface area (Å²) in [5.41, 5.74) is 23.3. The average molecular weight is 778 g/mol. The van der Waals surface area contributed by atoms with E-state index in [-0.39, 0.29) is 0 Å². The molecule has 0 atom stereocenters. The van der Waals surface area contributed by atoms with Crippen molar-refractivity contribution in [3.05, 3.63) is 240 Å². The highest BCUT2D eigenvalue weighted by molar-refractivity contribution is 6.09. The molecule has 0 amide bonds. The molecular weight excluding hydrogens is 727 g/mol. The molecule has 2 N–H and O–H groups in total. The third kappa shape index (κ3) is 8.92. The molecule has 0 aliphatic carbocycles. The Morgan fingerprint density at radius 3 is 1.68 bits per heavy atom. The van der Waals surface area contributed by atoms with E-state index in [2.05, 4.69) is 201 Å². The predicted octanol–water partition coefficient (Wildman–Crippen LogP) is 14.4. The number of aliphatic imine (C=N–C) groups is 1. The highest BCUT2D eigenvalue weighted by atomic mass is 15.0. The van der Waals surface area contributed by atoms with Gasteiger partial charge in [0.05, 0.1) is 16.7 Å².